The fraction of sp³-hybridized carbons (Fsp3) is 0.333. The average molecular weight is 282 g/mol. The van der Waals surface area contributed by atoms with E-state index in [4.69, 9.17) is 9.47 Å². The minimum atomic E-state index is -0.321. The minimum absolute atomic E-state index is 0.0839. The molecule has 0 fully saturated rings. The number of methoxy groups -OCH3 is 1. The van der Waals surface area contributed by atoms with E-state index in [0.29, 0.717) is 35.3 Å². The molecule has 0 aliphatic carbocycles. The van der Waals surface area contributed by atoms with Crippen molar-refractivity contribution in [2.24, 2.45) is 0 Å². The van der Waals surface area contributed by atoms with Gasteiger partial charge in [-0.15, -0.1) is 6.58 Å². The first-order chi connectivity index (χ1) is 9.17. The van der Waals surface area contributed by atoms with Crippen LogP contribution in [0.25, 0.3) is 10.3 Å². The summed E-state index contributed by atoms with van der Waals surface area (Å²) in [5, 5.41) is 10.2. The molecule has 2 aromatic rings. The topological polar surface area (TPSA) is 73.6 Å². The number of thiazole rings is 1. The number of nitrogens with zero attached hydrogens (tertiary/aromatic N) is 2. The highest BCUT2D eigenvalue weighted by molar-refractivity contribution is 7.20. The Labute approximate surface area is 113 Å². The Bertz CT molecular complexity index is 647. The molecular formula is C12H14N2O4S. The number of rotatable bonds is 6. The van der Waals surface area contributed by atoms with Crippen molar-refractivity contribution in [1.82, 2.24) is 9.55 Å². The normalized spacial score (nSPS) is 10.8. The Morgan fingerprint density at radius 1 is 1.58 bits per heavy atom. The lowest BCUT2D eigenvalue weighted by Gasteiger charge is -2.03. The van der Waals surface area contributed by atoms with Gasteiger partial charge in [0.2, 0.25) is 0 Å². The molecule has 0 atom stereocenters. The molecule has 6 nitrogen and oxygen atoms in total. The molecular weight excluding hydrogens is 268 g/mol. The SMILES string of the molecule is C=CCn1c(=O)cc(O)c2sc(OCCOC)nc21. The van der Waals surface area contributed by atoms with Crippen molar-refractivity contribution in [2.75, 3.05) is 20.3 Å². The quantitative estimate of drug-likeness (QED) is 0.640. The minimum Gasteiger partial charge on any atom is -0.506 e. The lowest BCUT2D eigenvalue weighted by atomic mass is 10.4. The number of allylic oxidation sites excluding steroid dienone is 1. The van der Waals surface area contributed by atoms with Gasteiger partial charge in [0, 0.05) is 19.7 Å². The summed E-state index contributed by atoms with van der Waals surface area (Å²) in [6, 6.07) is 1.17. The lowest BCUT2D eigenvalue weighted by molar-refractivity contribution is 0.146. The molecule has 0 aromatic carbocycles. The van der Waals surface area contributed by atoms with Crippen LogP contribution < -0.4 is 10.3 Å². The van der Waals surface area contributed by atoms with E-state index in [1.165, 1.54) is 22.0 Å². The zero-order valence-corrected chi connectivity index (χ0v) is 11.3. The number of aromatic hydroxyl groups is 1. The van der Waals surface area contributed by atoms with Gasteiger partial charge in [0.25, 0.3) is 10.8 Å². The summed E-state index contributed by atoms with van der Waals surface area (Å²) in [5.41, 5.74) is 0.0842. The Morgan fingerprint density at radius 2 is 2.37 bits per heavy atom. The van der Waals surface area contributed by atoms with E-state index in [1.807, 2.05) is 0 Å². The second kappa shape index (κ2) is 5.85. The summed E-state index contributed by atoms with van der Waals surface area (Å²) in [7, 11) is 1.58. The third-order valence-electron chi connectivity index (χ3n) is 2.43. The van der Waals surface area contributed by atoms with Crippen LogP contribution in [0.3, 0.4) is 0 Å². The average Bonchev–Trinajstić information content (AvgIpc) is 2.79. The second-order valence-electron chi connectivity index (χ2n) is 3.74. The van der Waals surface area contributed by atoms with Crippen molar-refractivity contribution in [2.45, 2.75) is 6.54 Å². The molecule has 0 radical (unpaired) electrons. The largest absolute Gasteiger partial charge is 0.506 e. The molecule has 0 aliphatic rings. The second-order valence-corrected chi connectivity index (χ2v) is 4.70. The van der Waals surface area contributed by atoms with Crippen molar-refractivity contribution >= 4 is 21.7 Å². The van der Waals surface area contributed by atoms with E-state index in [9.17, 15) is 9.90 Å². The van der Waals surface area contributed by atoms with E-state index < -0.39 is 0 Å². The summed E-state index contributed by atoms with van der Waals surface area (Å²) in [4.78, 5) is 16.0. The predicted molar refractivity (Wildman–Crippen MR) is 73.1 cm³/mol. The van der Waals surface area contributed by atoms with Gasteiger partial charge in [-0.1, -0.05) is 17.4 Å². The van der Waals surface area contributed by atoms with Gasteiger partial charge in [-0.25, -0.2) is 0 Å². The predicted octanol–water partition coefficient (Wildman–Crippen LogP) is 1.37. The molecule has 2 rings (SSSR count). The monoisotopic (exact) mass is 282 g/mol. The molecule has 102 valence electrons. The molecule has 0 unspecified atom stereocenters. The summed E-state index contributed by atoms with van der Waals surface area (Å²) < 4.78 is 12.2. The number of aromatic nitrogens is 2. The Balaban J connectivity index is 2.44. The lowest BCUT2D eigenvalue weighted by Crippen LogP contribution is -2.18. The zero-order chi connectivity index (χ0) is 13.8. The van der Waals surface area contributed by atoms with Crippen LogP contribution in [0.1, 0.15) is 0 Å². The van der Waals surface area contributed by atoms with Gasteiger partial charge in [0.1, 0.15) is 17.1 Å². The molecule has 0 spiro atoms. The molecule has 7 heteroatoms. The maximum absolute atomic E-state index is 11.8. The third-order valence-corrected chi connectivity index (χ3v) is 3.41. The third kappa shape index (κ3) is 2.77. The molecule has 2 heterocycles. The van der Waals surface area contributed by atoms with E-state index in [2.05, 4.69) is 11.6 Å². The maximum Gasteiger partial charge on any atom is 0.276 e. The molecule has 1 N–H and O–H groups in total. The van der Waals surface area contributed by atoms with Gasteiger partial charge < -0.3 is 14.6 Å². The van der Waals surface area contributed by atoms with Crippen molar-refractivity contribution in [3.05, 3.63) is 29.1 Å². The van der Waals surface area contributed by atoms with Crippen molar-refractivity contribution in [3.63, 3.8) is 0 Å². The number of pyridine rings is 1. The van der Waals surface area contributed by atoms with Gasteiger partial charge in [-0.2, -0.15) is 4.98 Å². The van der Waals surface area contributed by atoms with Crippen LogP contribution in [0.2, 0.25) is 0 Å². The standard InChI is InChI=1S/C12H14N2O4S/c1-3-4-14-9(16)7-8(15)10-11(14)13-12(19-10)18-6-5-17-2/h3,7,15H,1,4-6H2,2H3. The molecule has 0 saturated carbocycles. The fourth-order valence-corrected chi connectivity index (χ4v) is 2.45. The van der Waals surface area contributed by atoms with Crippen LogP contribution in [0.4, 0.5) is 0 Å². The first-order valence-corrected chi connectivity index (χ1v) is 6.45. The summed E-state index contributed by atoms with van der Waals surface area (Å²) >= 11 is 1.19. The smallest absolute Gasteiger partial charge is 0.276 e. The van der Waals surface area contributed by atoms with Gasteiger partial charge in [-0.05, 0) is 0 Å². The number of ether oxygens (including phenoxy) is 2. The van der Waals surface area contributed by atoms with Gasteiger partial charge in [0.05, 0.1) is 6.61 Å². The maximum atomic E-state index is 11.8. The van der Waals surface area contributed by atoms with Crippen LogP contribution in [-0.4, -0.2) is 35.0 Å². The fourth-order valence-electron chi connectivity index (χ4n) is 1.59. The number of hydrogen-bond acceptors (Lipinski definition) is 6. The van der Waals surface area contributed by atoms with Crippen LogP contribution in [0.15, 0.2) is 23.5 Å². The zero-order valence-electron chi connectivity index (χ0n) is 10.5. The molecule has 0 saturated heterocycles. The molecule has 0 bridgehead atoms. The van der Waals surface area contributed by atoms with Crippen LogP contribution in [0, 0.1) is 0 Å². The Morgan fingerprint density at radius 3 is 3.05 bits per heavy atom. The molecule has 19 heavy (non-hydrogen) atoms. The summed E-state index contributed by atoms with van der Waals surface area (Å²) in [6.45, 7) is 4.74. The van der Waals surface area contributed by atoms with Crippen LogP contribution in [-0.2, 0) is 11.3 Å². The van der Waals surface area contributed by atoms with Crippen LogP contribution >= 0.6 is 11.3 Å². The van der Waals surface area contributed by atoms with Gasteiger partial charge >= 0.3 is 0 Å². The first-order valence-electron chi connectivity index (χ1n) is 5.63. The molecule has 0 aliphatic heterocycles. The highest BCUT2D eigenvalue weighted by atomic mass is 32.1. The van der Waals surface area contributed by atoms with E-state index in [0.717, 1.165) is 0 Å². The van der Waals surface area contributed by atoms with Crippen molar-refractivity contribution < 1.29 is 14.6 Å². The number of hydrogen-bond donors (Lipinski definition) is 1. The van der Waals surface area contributed by atoms with E-state index in [1.54, 1.807) is 13.2 Å². The molecule has 2 aromatic heterocycles. The van der Waals surface area contributed by atoms with Crippen LogP contribution in [0.5, 0.6) is 10.9 Å². The number of fused-ring (bicyclic) bond motifs is 1. The Kier molecular flexibility index (Phi) is 4.18. The summed E-state index contributed by atoms with van der Waals surface area (Å²) in [6.07, 6.45) is 1.60. The van der Waals surface area contributed by atoms with Crippen molar-refractivity contribution in [1.29, 1.82) is 0 Å². The van der Waals surface area contributed by atoms with Gasteiger partial charge in [0.15, 0.2) is 5.65 Å². The Hall–Kier alpha value is -1.86. The highest BCUT2D eigenvalue weighted by Gasteiger charge is 2.14. The summed E-state index contributed by atoms with van der Waals surface area (Å²) in [5.74, 6) is -0.0839. The highest BCUT2D eigenvalue weighted by Crippen LogP contribution is 2.32. The van der Waals surface area contributed by atoms with E-state index in [-0.39, 0.29) is 11.3 Å². The molecule has 0 amide bonds. The first kappa shape index (κ1) is 13.6. The van der Waals surface area contributed by atoms with E-state index >= 15 is 0 Å². The van der Waals surface area contributed by atoms with Gasteiger partial charge in [-0.3, -0.25) is 9.36 Å². The van der Waals surface area contributed by atoms with Crippen molar-refractivity contribution in [3.8, 4) is 10.9 Å².